The van der Waals surface area contributed by atoms with Crippen LogP contribution in [0.4, 0.5) is 0 Å². The number of allylic oxidation sites excluding steroid dienone is 2. The molecule has 0 radical (unpaired) electrons. The van der Waals surface area contributed by atoms with Crippen molar-refractivity contribution in [1.29, 1.82) is 0 Å². The molecule has 1 aromatic carbocycles. The predicted molar refractivity (Wildman–Crippen MR) is 68.3 cm³/mol. The van der Waals surface area contributed by atoms with Gasteiger partial charge in [0.2, 0.25) is 0 Å². The molecular formula is C15H18O2. The van der Waals surface area contributed by atoms with Gasteiger partial charge in [0, 0.05) is 5.41 Å². The van der Waals surface area contributed by atoms with Gasteiger partial charge in [-0.05, 0) is 17.6 Å². The van der Waals surface area contributed by atoms with E-state index in [1.54, 1.807) is 6.08 Å². The summed E-state index contributed by atoms with van der Waals surface area (Å²) in [6, 6.07) is 9.84. The van der Waals surface area contributed by atoms with E-state index in [-0.39, 0.29) is 0 Å². The average Bonchev–Trinajstić information content (AvgIpc) is 2.27. The first kappa shape index (κ1) is 12.1. The fraction of sp³-hybridized carbons (Fsp3) is 0.333. The monoisotopic (exact) mass is 230 g/mol. The van der Waals surface area contributed by atoms with Crippen LogP contribution in [0.5, 0.6) is 0 Å². The van der Waals surface area contributed by atoms with Gasteiger partial charge in [0.15, 0.2) is 5.79 Å². The van der Waals surface area contributed by atoms with Crippen LogP contribution in [0.3, 0.4) is 0 Å². The van der Waals surface area contributed by atoms with Crippen LogP contribution in [0.25, 0.3) is 0 Å². The van der Waals surface area contributed by atoms with E-state index in [2.05, 4.69) is 0 Å². The molecule has 17 heavy (non-hydrogen) atoms. The van der Waals surface area contributed by atoms with Crippen molar-refractivity contribution in [3.05, 3.63) is 59.7 Å². The highest BCUT2D eigenvalue weighted by Gasteiger charge is 2.44. The summed E-state index contributed by atoms with van der Waals surface area (Å²) >= 11 is 0. The van der Waals surface area contributed by atoms with Gasteiger partial charge in [-0.1, -0.05) is 62.4 Å². The van der Waals surface area contributed by atoms with Crippen molar-refractivity contribution in [3.63, 3.8) is 0 Å². The summed E-state index contributed by atoms with van der Waals surface area (Å²) in [5.74, 6) is -1.78. The van der Waals surface area contributed by atoms with E-state index in [4.69, 9.17) is 0 Å². The Labute approximate surface area is 102 Å². The van der Waals surface area contributed by atoms with E-state index in [1.807, 2.05) is 56.3 Å². The summed E-state index contributed by atoms with van der Waals surface area (Å²) < 4.78 is 0. The molecule has 2 heteroatoms. The van der Waals surface area contributed by atoms with Crippen molar-refractivity contribution in [1.82, 2.24) is 0 Å². The lowest BCUT2D eigenvalue weighted by atomic mass is 9.74. The lowest BCUT2D eigenvalue weighted by Gasteiger charge is -2.40. The van der Waals surface area contributed by atoms with Crippen LogP contribution in [-0.4, -0.2) is 16.0 Å². The molecule has 0 atom stereocenters. The fourth-order valence-electron chi connectivity index (χ4n) is 2.05. The van der Waals surface area contributed by atoms with Crippen molar-refractivity contribution in [3.8, 4) is 0 Å². The highest BCUT2D eigenvalue weighted by Crippen LogP contribution is 2.39. The van der Waals surface area contributed by atoms with Crippen molar-refractivity contribution < 1.29 is 10.2 Å². The minimum Gasteiger partial charge on any atom is -0.361 e. The van der Waals surface area contributed by atoms with E-state index in [0.29, 0.717) is 12.0 Å². The lowest BCUT2D eigenvalue weighted by Crippen LogP contribution is -2.47. The number of benzene rings is 1. The van der Waals surface area contributed by atoms with Crippen molar-refractivity contribution in [2.45, 2.75) is 26.1 Å². The summed E-state index contributed by atoms with van der Waals surface area (Å²) in [4.78, 5) is 0. The second kappa shape index (κ2) is 4.13. The number of hydrogen-bond acceptors (Lipinski definition) is 2. The summed E-state index contributed by atoms with van der Waals surface area (Å²) in [7, 11) is 0. The Bertz CT molecular complexity index is 453. The first-order valence-electron chi connectivity index (χ1n) is 5.81. The largest absolute Gasteiger partial charge is 0.361 e. The predicted octanol–water partition coefficient (Wildman–Crippen LogP) is 2.43. The topological polar surface area (TPSA) is 40.5 Å². The molecule has 0 bridgehead atoms. The van der Waals surface area contributed by atoms with Gasteiger partial charge in [0.1, 0.15) is 0 Å². The van der Waals surface area contributed by atoms with E-state index in [0.717, 1.165) is 5.56 Å². The molecule has 2 rings (SSSR count). The van der Waals surface area contributed by atoms with Crippen LogP contribution in [0, 0.1) is 5.41 Å². The Morgan fingerprint density at radius 3 is 2.35 bits per heavy atom. The molecule has 90 valence electrons. The van der Waals surface area contributed by atoms with Crippen molar-refractivity contribution in [2.75, 3.05) is 0 Å². The fourth-order valence-corrected chi connectivity index (χ4v) is 2.05. The van der Waals surface area contributed by atoms with E-state index < -0.39 is 11.2 Å². The first-order chi connectivity index (χ1) is 7.93. The molecule has 0 heterocycles. The molecular weight excluding hydrogens is 212 g/mol. The molecule has 0 amide bonds. The maximum atomic E-state index is 10.3. The van der Waals surface area contributed by atoms with Crippen LogP contribution in [0.1, 0.15) is 19.4 Å². The summed E-state index contributed by atoms with van der Waals surface area (Å²) in [5, 5.41) is 20.5. The highest BCUT2D eigenvalue weighted by molar-refractivity contribution is 5.34. The van der Waals surface area contributed by atoms with Crippen LogP contribution in [0.2, 0.25) is 0 Å². The van der Waals surface area contributed by atoms with Gasteiger partial charge in [-0.3, -0.25) is 0 Å². The summed E-state index contributed by atoms with van der Waals surface area (Å²) in [5.41, 5.74) is 1.06. The second-order valence-electron chi connectivity index (χ2n) is 5.11. The Morgan fingerprint density at radius 1 is 1.06 bits per heavy atom. The molecule has 0 saturated carbocycles. The molecule has 1 aliphatic rings. The van der Waals surface area contributed by atoms with Gasteiger partial charge in [-0.2, -0.15) is 0 Å². The molecule has 0 spiro atoms. The molecule has 0 aliphatic heterocycles. The highest BCUT2D eigenvalue weighted by atomic mass is 16.5. The van der Waals surface area contributed by atoms with Crippen LogP contribution in [0.15, 0.2) is 54.1 Å². The Hall–Kier alpha value is -1.38. The van der Waals surface area contributed by atoms with Gasteiger partial charge in [0.05, 0.1) is 0 Å². The molecule has 0 unspecified atom stereocenters. The van der Waals surface area contributed by atoms with Gasteiger partial charge in [0.25, 0.3) is 0 Å². The van der Waals surface area contributed by atoms with Crippen LogP contribution >= 0.6 is 0 Å². The standard InChI is InChI=1S/C15H18O2/c1-14(2)10-6-9-13(15(14,16)17)11-12-7-4-3-5-8-12/h3-10,16-17H,11H2,1-2H3. The summed E-state index contributed by atoms with van der Waals surface area (Å²) in [6.07, 6.45) is 6.06. The molecule has 1 aliphatic carbocycles. The molecule has 2 N–H and O–H groups in total. The molecule has 0 fully saturated rings. The number of hydrogen-bond donors (Lipinski definition) is 2. The van der Waals surface area contributed by atoms with Crippen LogP contribution < -0.4 is 0 Å². The molecule has 0 aromatic heterocycles. The summed E-state index contributed by atoms with van der Waals surface area (Å²) in [6.45, 7) is 3.64. The molecule has 0 saturated heterocycles. The smallest absolute Gasteiger partial charge is 0.195 e. The zero-order valence-electron chi connectivity index (χ0n) is 10.2. The third-order valence-electron chi connectivity index (χ3n) is 3.39. The zero-order chi connectivity index (χ0) is 12.5. The normalized spacial score (nSPS) is 21.1. The zero-order valence-corrected chi connectivity index (χ0v) is 10.2. The van der Waals surface area contributed by atoms with Gasteiger partial charge in [-0.25, -0.2) is 0 Å². The third-order valence-corrected chi connectivity index (χ3v) is 3.39. The van der Waals surface area contributed by atoms with E-state index in [1.165, 1.54) is 0 Å². The minimum absolute atomic E-state index is 0.557. The van der Waals surface area contributed by atoms with Gasteiger partial charge in [-0.15, -0.1) is 0 Å². The maximum absolute atomic E-state index is 10.3. The Morgan fingerprint density at radius 2 is 1.71 bits per heavy atom. The quantitative estimate of drug-likeness (QED) is 0.766. The van der Waals surface area contributed by atoms with Crippen molar-refractivity contribution >= 4 is 0 Å². The number of aliphatic hydroxyl groups is 2. The molecule has 1 aromatic rings. The number of rotatable bonds is 2. The third kappa shape index (κ3) is 2.19. The average molecular weight is 230 g/mol. The first-order valence-corrected chi connectivity index (χ1v) is 5.81. The SMILES string of the molecule is CC1(C)C=CC=C(Cc2ccccc2)C1(O)O. The Kier molecular flexibility index (Phi) is 2.94. The Balaban J connectivity index is 2.28. The van der Waals surface area contributed by atoms with Gasteiger partial charge >= 0.3 is 0 Å². The van der Waals surface area contributed by atoms with E-state index >= 15 is 0 Å². The maximum Gasteiger partial charge on any atom is 0.195 e. The minimum atomic E-state index is -1.78. The second-order valence-corrected chi connectivity index (χ2v) is 5.11. The van der Waals surface area contributed by atoms with Crippen LogP contribution in [-0.2, 0) is 6.42 Å². The molecule has 2 nitrogen and oxygen atoms in total. The lowest BCUT2D eigenvalue weighted by molar-refractivity contribution is -0.189. The van der Waals surface area contributed by atoms with E-state index in [9.17, 15) is 10.2 Å². The van der Waals surface area contributed by atoms with Crippen molar-refractivity contribution in [2.24, 2.45) is 5.41 Å². The van der Waals surface area contributed by atoms with Gasteiger partial charge < -0.3 is 10.2 Å².